The molecule has 216 valence electrons. The summed E-state index contributed by atoms with van der Waals surface area (Å²) >= 11 is 0. The van der Waals surface area contributed by atoms with E-state index in [2.05, 4.69) is 31.4 Å². The molecule has 1 aromatic carbocycles. The van der Waals surface area contributed by atoms with Crippen molar-refractivity contribution in [2.24, 2.45) is 11.8 Å². The molecule has 4 aliphatic rings. The lowest BCUT2D eigenvalue weighted by Gasteiger charge is -2.29. The highest BCUT2D eigenvalue weighted by Crippen LogP contribution is 2.64. The Labute approximate surface area is 241 Å². The Hall–Kier alpha value is -4.41. The number of H-pyrrole nitrogens is 1. The van der Waals surface area contributed by atoms with Crippen LogP contribution in [-0.4, -0.2) is 101 Å². The molecular weight excluding hydrogens is 543 g/mol. The molecule has 4 fully saturated rings. The number of ether oxygens (including phenoxy) is 2. The second-order valence-electron chi connectivity index (χ2n) is 11.2. The van der Waals surface area contributed by atoms with Gasteiger partial charge in [-0.05, 0) is 24.3 Å². The van der Waals surface area contributed by atoms with Gasteiger partial charge >= 0.3 is 6.09 Å². The van der Waals surface area contributed by atoms with Crippen LogP contribution in [-0.2, 0) is 26.1 Å². The van der Waals surface area contributed by atoms with Gasteiger partial charge in [-0.1, -0.05) is 11.3 Å². The summed E-state index contributed by atoms with van der Waals surface area (Å²) in [4.78, 5) is 35.5. The molecule has 1 aliphatic carbocycles. The van der Waals surface area contributed by atoms with E-state index in [0.29, 0.717) is 61.8 Å². The number of aromatic amines is 1. The van der Waals surface area contributed by atoms with E-state index in [0.717, 1.165) is 18.8 Å². The first-order chi connectivity index (χ1) is 20.5. The number of likely N-dealkylation sites (tertiary alicyclic amines) is 1. The molecule has 1 N–H and O–H groups in total. The fourth-order valence-corrected chi connectivity index (χ4v) is 6.70. The Kier molecular flexibility index (Phi) is 6.59. The number of anilines is 1. The Morgan fingerprint density at radius 2 is 1.98 bits per heavy atom. The zero-order valence-electron chi connectivity index (χ0n) is 22.8. The van der Waals surface area contributed by atoms with Crippen molar-refractivity contribution in [3.63, 3.8) is 0 Å². The molecule has 2 unspecified atom stereocenters. The van der Waals surface area contributed by atoms with E-state index in [9.17, 15) is 14.9 Å². The molecule has 3 aromatic rings. The molecule has 1 saturated carbocycles. The van der Waals surface area contributed by atoms with Crippen molar-refractivity contribution in [2.75, 3.05) is 57.4 Å². The first kappa shape index (κ1) is 26.5. The molecule has 2 aromatic heterocycles. The average molecular weight is 573 g/mol. The summed E-state index contributed by atoms with van der Waals surface area (Å²) in [6, 6.07) is 10.6. The van der Waals surface area contributed by atoms with Gasteiger partial charge in [0.1, 0.15) is 17.3 Å². The van der Waals surface area contributed by atoms with E-state index in [1.54, 1.807) is 36.7 Å². The lowest BCUT2D eigenvalue weighted by atomic mass is 9.89. The fraction of sp³-hybridized carbons (Fsp3) is 0.448. The van der Waals surface area contributed by atoms with Gasteiger partial charge < -0.3 is 14.4 Å². The van der Waals surface area contributed by atoms with Gasteiger partial charge in [-0.15, -0.1) is 5.10 Å². The predicted molar refractivity (Wildman–Crippen MR) is 145 cm³/mol. The van der Waals surface area contributed by atoms with Crippen molar-refractivity contribution in [3.8, 4) is 17.2 Å². The van der Waals surface area contributed by atoms with E-state index < -0.39 is 23.4 Å². The molecule has 3 atom stereocenters. The lowest BCUT2D eigenvalue weighted by Crippen LogP contribution is -2.45. The number of hydrogen-bond acceptors (Lipinski definition) is 9. The van der Waals surface area contributed by atoms with E-state index >= 15 is 4.39 Å². The maximum Gasteiger partial charge on any atom is 0.414 e. The first-order valence-corrected chi connectivity index (χ1v) is 14.1. The Morgan fingerprint density at radius 3 is 2.69 bits per heavy atom. The minimum atomic E-state index is -0.884. The summed E-state index contributed by atoms with van der Waals surface area (Å²) < 4.78 is 26.5. The summed E-state index contributed by atoms with van der Waals surface area (Å²) in [7, 11) is 0. The number of halogens is 1. The normalized spacial score (nSPS) is 27.0. The van der Waals surface area contributed by atoms with Gasteiger partial charge in [-0.2, -0.15) is 5.26 Å². The van der Waals surface area contributed by atoms with Gasteiger partial charge in [0, 0.05) is 61.8 Å². The van der Waals surface area contributed by atoms with Crippen molar-refractivity contribution in [1.29, 1.82) is 5.26 Å². The highest BCUT2D eigenvalue weighted by atomic mass is 19.1. The van der Waals surface area contributed by atoms with E-state index in [4.69, 9.17) is 9.47 Å². The predicted octanol–water partition coefficient (Wildman–Crippen LogP) is 1.76. The number of rotatable bonds is 7. The summed E-state index contributed by atoms with van der Waals surface area (Å²) in [5, 5.41) is 20.6. The molecule has 3 aliphatic heterocycles. The number of carbonyl (C=O) groups is 2. The van der Waals surface area contributed by atoms with Crippen LogP contribution in [0.25, 0.3) is 11.1 Å². The SMILES string of the molecule is N#CC1(c2ncccc2-c2ccc(N3C[C@@H](Cc4cnn[nH]4)OC3=O)cc2F)C2CN(C(=O)CN3CCOCC3)CC21. The van der Waals surface area contributed by atoms with Crippen molar-refractivity contribution < 1.29 is 23.5 Å². The van der Waals surface area contributed by atoms with Crippen LogP contribution in [0.4, 0.5) is 14.9 Å². The number of carbonyl (C=O) groups excluding carboxylic acids is 2. The van der Waals surface area contributed by atoms with E-state index in [-0.39, 0.29) is 24.3 Å². The number of nitrogens with one attached hydrogen (secondary N) is 1. The maximum atomic E-state index is 15.7. The third kappa shape index (κ3) is 4.47. The smallest absolute Gasteiger partial charge is 0.414 e. The summed E-state index contributed by atoms with van der Waals surface area (Å²) in [6.45, 7) is 4.29. The number of hydrogen-bond donors (Lipinski definition) is 1. The van der Waals surface area contributed by atoms with Gasteiger partial charge in [0.25, 0.3) is 0 Å². The zero-order chi connectivity index (χ0) is 28.8. The van der Waals surface area contributed by atoms with Crippen molar-refractivity contribution in [1.82, 2.24) is 30.2 Å². The third-order valence-electron chi connectivity index (χ3n) is 8.92. The minimum Gasteiger partial charge on any atom is -0.444 e. The van der Waals surface area contributed by atoms with Crippen LogP contribution >= 0.6 is 0 Å². The first-order valence-electron chi connectivity index (χ1n) is 14.1. The number of nitrogens with zero attached hydrogens (tertiary/aromatic N) is 7. The van der Waals surface area contributed by atoms with Crippen molar-refractivity contribution >= 4 is 17.7 Å². The Balaban J connectivity index is 1.08. The highest BCUT2D eigenvalue weighted by Gasteiger charge is 2.72. The van der Waals surface area contributed by atoms with E-state index in [1.165, 1.54) is 11.0 Å². The van der Waals surface area contributed by atoms with Crippen molar-refractivity contribution in [3.05, 3.63) is 59.9 Å². The second-order valence-corrected chi connectivity index (χ2v) is 11.2. The van der Waals surface area contributed by atoms with Crippen LogP contribution in [0.2, 0.25) is 0 Å². The minimum absolute atomic E-state index is 0.0581. The number of piperidine rings is 1. The zero-order valence-corrected chi connectivity index (χ0v) is 22.8. The van der Waals surface area contributed by atoms with Gasteiger partial charge in [-0.25, -0.2) is 9.18 Å². The molecule has 2 amide bonds. The number of amides is 2. The van der Waals surface area contributed by atoms with Gasteiger partial charge in [0.15, 0.2) is 0 Å². The Morgan fingerprint density at radius 1 is 1.17 bits per heavy atom. The van der Waals surface area contributed by atoms with Gasteiger partial charge in [0.05, 0.1) is 55.6 Å². The maximum absolute atomic E-state index is 15.7. The fourth-order valence-electron chi connectivity index (χ4n) is 6.70. The number of pyridine rings is 1. The van der Waals surface area contributed by atoms with E-state index in [1.807, 2.05) is 4.90 Å². The van der Waals surface area contributed by atoms with Crippen molar-refractivity contribution in [2.45, 2.75) is 17.9 Å². The molecule has 0 radical (unpaired) electrons. The quantitative estimate of drug-likeness (QED) is 0.448. The van der Waals surface area contributed by atoms with Crippen LogP contribution < -0.4 is 4.90 Å². The molecule has 0 bridgehead atoms. The molecule has 0 spiro atoms. The van der Waals surface area contributed by atoms with Gasteiger partial charge in [-0.3, -0.25) is 24.7 Å². The lowest BCUT2D eigenvalue weighted by molar-refractivity contribution is -0.133. The number of benzene rings is 1. The molecule has 13 heteroatoms. The highest BCUT2D eigenvalue weighted by molar-refractivity contribution is 5.90. The van der Waals surface area contributed by atoms with Crippen LogP contribution in [0.15, 0.2) is 42.7 Å². The number of nitriles is 1. The average Bonchev–Trinajstić information content (AvgIpc) is 3.51. The number of cyclic esters (lactones) is 1. The molecule has 5 heterocycles. The largest absolute Gasteiger partial charge is 0.444 e. The molecular formula is C29H29FN8O4. The summed E-state index contributed by atoms with van der Waals surface area (Å²) in [6.07, 6.45) is 2.64. The monoisotopic (exact) mass is 572 g/mol. The second kappa shape index (κ2) is 10.5. The van der Waals surface area contributed by atoms with Crippen LogP contribution in [0.5, 0.6) is 0 Å². The van der Waals surface area contributed by atoms with Crippen LogP contribution in [0.3, 0.4) is 0 Å². The van der Waals surface area contributed by atoms with Crippen LogP contribution in [0, 0.1) is 29.0 Å². The molecule has 3 saturated heterocycles. The molecule has 7 rings (SSSR count). The number of morpholine rings is 1. The summed E-state index contributed by atoms with van der Waals surface area (Å²) in [5.74, 6) is -0.596. The van der Waals surface area contributed by atoms with Gasteiger partial charge in [0.2, 0.25) is 5.91 Å². The number of fused-ring (bicyclic) bond motifs is 1. The summed E-state index contributed by atoms with van der Waals surface area (Å²) in [5.41, 5.74) is 1.60. The topological polar surface area (TPSA) is 141 Å². The number of aromatic nitrogens is 4. The van der Waals surface area contributed by atoms with Crippen LogP contribution in [0.1, 0.15) is 11.4 Å². The Bertz CT molecular complexity index is 1540. The third-order valence-corrected chi connectivity index (χ3v) is 8.92. The molecule has 42 heavy (non-hydrogen) atoms. The molecule has 12 nitrogen and oxygen atoms in total. The standard InChI is InChI=1S/C29H29FN8O4/c30-25-11-19(38-13-20(42-28(38)40)10-18-12-33-35-34-18)3-4-21(25)22-2-1-5-32-27(22)29(17-31)23-14-37(15-24(23)29)26(39)16-36-6-8-41-9-7-36/h1-5,11-12,20,23-24H,6-10,13-16H2,(H,33,34,35)/t20-,23?,24?,29?/m1/s1.